The molecule has 1 heterocycles. The van der Waals surface area contributed by atoms with Gasteiger partial charge in [0, 0.05) is 21.4 Å². The zero-order valence-corrected chi connectivity index (χ0v) is 17.6. The summed E-state index contributed by atoms with van der Waals surface area (Å²) in [5.74, 6) is -1.21. The van der Waals surface area contributed by atoms with Gasteiger partial charge in [0.25, 0.3) is 0 Å². The zero-order chi connectivity index (χ0) is 21.7. The Morgan fingerprint density at radius 2 is 1.83 bits per heavy atom. The molecule has 3 aromatic rings. The molecular formula is C22H23FN2O4S. The van der Waals surface area contributed by atoms with Gasteiger partial charge in [-0.3, -0.25) is 9.00 Å². The van der Waals surface area contributed by atoms with Gasteiger partial charge in [0.1, 0.15) is 5.82 Å². The van der Waals surface area contributed by atoms with Gasteiger partial charge in [-0.2, -0.15) is 0 Å². The second-order valence-corrected chi connectivity index (χ2v) is 9.00. The van der Waals surface area contributed by atoms with Crippen molar-refractivity contribution in [2.24, 2.45) is 0 Å². The molecule has 0 amide bonds. The Labute approximate surface area is 175 Å². The highest BCUT2D eigenvalue weighted by Crippen LogP contribution is 2.34. The maximum atomic E-state index is 14.8. The van der Waals surface area contributed by atoms with Crippen molar-refractivity contribution in [1.29, 1.82) is 0 Å². The first-order valence-corrected chi connectivity index (χ1v) is 11.2. The van der Waals surface area contributed by atoms with E-state index in [1.54, 1.807) is 50.4 Å². The molecule has 0 aliphatic heterocycles. The third kappa shape index (κ3) is 3.83. The van der Waals surface area contributed by atoms with Crippen LogP contribution in [-0.2, 0) is 26.0 Å². The number of nitrogens with one attached hydrogen (secondary N) is 1. The molecule has 1 N–H and O–H groups in total. The fourth-order valence-corrected chi connectivity index (χ4v) is 5.26. The number of esters is 1. The maximum absolute atomic E-state index is 14.8. The lowest BCUT2D eigenvalue weighted by Crippen LogP contribution is -2.21. The van der Waals surface area contributed by atoms with Crippen LogP contribution in [0.1, 0.15) is 23.0 Å². The summed E-state index contributed by atoms with van der Waals surface area (Å²) in [7, 11) is -2.17. The summed E-state index contributed by atoms with van der Waals surface area (Å²) in [6.45, 7) is 1.98. The van der Waals surface area contributed by atoms with Crippen molar-refractivity contribution < 1.29 is 22.9 Å². The number of benzene rings is 2. The van der Waals surface area contributed by atoms with Gasteiger partial charge in [0.2, 0.25) is 0 Å². The predicted molar refractivity (Wildman–Crippen MR) is 114 cm³/mol. The standard InChI is InChI=1S/C22H23FN2O4S/c1-3-29-22(27)17-13-21(30(28,15-26)16-9-5-4-6-10-16)25(20(17)14-24-2)19-12-8-7-11-18(19)23/h4-13,15,24,30H,3,14H2,1-2H3. The molecule has 0 spiro atoms. The zero-order valence-electron chi connectivity index (χ0n) is 16.7. The number of ether oxygens (including phenoxy) is 1. The van der Waals surface area contributed by atoms with Crippen LogP contribution in [0.25, 0.3) is 5.69 Å². The van der Waals surface area contributed by atoms with E-state index >= 15 is 0 Å². The second-order valence-electron chi connectivity index (χ2n) is 6.50. The number of hydrogen-bond acceptors (Lipinski definition) is 5. The SMILES string of the molecule is CCOC(=O)c1cc([SH](=O)(C=O)c2ccccc2)n(-c2ccccc2F)c1CNC. The van der Waals surface area contributed by atoms with Gasteiger partial charge in [0.15, 0.2) is 5.62 Å². The topological polar surface area (TPSA) is 77.4 Å². The fourth-order valence-electron chi connectivity index (χ4n) is 3.31. The van der Waals surface area contributed by atoms with E-state index in [-0.39, 0.29) is 29.4 Å². The van der Waals surface area contributed by atoms with E-state index in [4.69, 9.17) is 4.74 Å². The van der Waals surface area contributed by atoms with E-state index in [9.17, 15) is 18.2 Å². The van der Waals surface area contributed by atoms with E-state index in [0.717, 1.165) is 0 Å². The third-order valence-corrected chi connectivity index (χ3v) is 7.02. The van der Waals surface area contributed by atoms with Crippen LogP contribution < -0.4 is 5.32 Å². The van der Waals surface area contributed by atoms with Crippen molar-refractivity contribution in [3.05, 3.63) is 77.7 Å². The fraction of sp³-hybridized carbons (Fsp3) is 0.182. The largest absolute Gasteiger partial charge is 0.462 e. The molecule has 0 bridgehead atoms. The van der Waals surface area contributed by atoms with Crippen LogP contribution in [0.4, 0.5) is 4.39 Å². The van der Waals surface area contributed by atoms with Crippen molar-refractivity contribution in [2.75, 3.05) is 13.7 Å². The molecule has 158 valence electrons. The first-order valence-electron chi connectivity index (χ1n) is 9.41. The highest BCUT2D eigenvalue weighted by Gasteiger charge is 2.31. The van der Waals surface area contributed by atoms with Crippen molar-refractivity contribution in [1.82, 2.24) is 9.88 Å². The van der Waals surface area contributed by atoms with Gasteiger partial charge in [-0.15, -0.1) is 0 Å². The van der Waals surface area contributed by atoms with Crippen molar-refractivity contribution in [2.45, 2.75) is 23.4 Å². The number of carbonyl (C=O) groups is 2. The first kappa shape index (κ1) is 21.6. The van der Waals surface area contributed by atoms with Crippen LogP contribution in [0.5, 0.6) is 0 Å². The Hall–Kier alpha value is -3.10. The number of nitrogens with zero attached hydrogens (tertiary/aromatic N) is 1. The van der Waals surface area contributed by atoms with Gasteiger partial charge < -0.3 is 14.6 Å². The second kappa shape index (κ2) is 9.15. The lowest BCUT2D eigenvalue weighted by molar-refractivity contribution is 0.0525. The van der Waals surface area contributed by atoms with Crippen molar-refractivity contribution >= 4 is 21.5 Å². The number of para-hydroxylation sites is 1. The minimum absolute atomic E-state index is 0.0436. The molecule has 1 aromatic heterocycles. The average molecular weight is 431 g/mol. The molecule has 0 aliphatic carbocycles. The summed E-state index contributed by atoms with van der Waals surface area (Å²) in [5.41, 5.74) is 0.954. The van der Waals surface area contributed by atoms with Crippen LogP contribution >= 0.6 is 0 Å². The van der Waals surface area contributed by atoms with E-state index in [1.165, 1.54) is 28.8 Å². The Kier molecular flexibility index (Phi) is 6.59. The van der Waals surface area contributed by atoms with Crippen LogP contribution in [0.15, 0.2) is 70.6 Å². The molecule has 0 radical (unpaired) electrons. The van der Waals surface area contributed by atoms with Gasteiger partial charge in [-0.1, -0.05) is 30.3 Å². The van der Waals surface area contributed by atoms with E-state index in [2.05, 4.69) is 5.32 Å². The van der Waals surface area contributed by atoms with Crippen LogP contribution in [0, 0.1) is 5.82 Å². The summed E-state index contributed by atoms with van der Waals surface area (Å²) in [6, 6.07) is 15.5. The molecule has 0 unspecified atom stereocenters. The Balaban J connectivity index is 2.40. The first-order chi connectivity index (χ1) is 14.5. The van der Waals surface area contributed by atoms with Crippen LogP contribution in [-0.4, -0.2) is 34.0 Å². The number of carbonyl (C=O) groups excluding carboxylic acids is 2. The smallest absolute Gasteiger partial charge is 0.340 e. The molecule has 8 heteroatoms. The monoisotopic (exact) mass is 430 g/mol. The molecule has 0 saturated carbocycles. The highest BCUT2D eigenvalue weighted by atomic mass is 32.2. The molecular weight excluding hydrogens is 407 g/mol. The normalized spacial score (nSPS) is 11.8. The molecule has 6 nitrogen and oxygen atoms in total. The molecule has 0 fully saturated rings. The Bertz CT molecular complexity index is 1110. The number of hydrogen-bond donors (Lipinski definition) is 2. The van der Waals surface area contributed by atoms with Crippen LogP contribution in [0.2, 0.25) is 0 Å². The van der Waals surface area contributed by atoms with E-state index in [1.807, 2.05) is 0 Å². The van der Waals surface area contributed by atoms with E-state index < -0.39 is 21.7 Å². The Morgan fingerprint density at radius 3 is 2.43 bits per heavy atom. The number of aromatic nitrogens is 1. The van der Waals surface area contributed by atoms with Gasteiger partial charge in [0.05, 0.1) is 28.6 Å². The molecule has 30 heavy (non-hydrogen) atoms. The molecule has 0 atom stereocenters. The Morgan fingerprint density at radius 1 is 1.17 bits per heavy atom. The lowest BCUT2D eigenvalue weighted by atomic mass is 10.2. The molecule has 3 rings (SSSR count). The summed E-state index contributed by atoms with van der Waals surface area (Å²) in [5, 5.41) is 2.99. The van der Waals surface area contributed by atoms with Crippen LogP contribution in [0.3, 0.4) is 0 Å². The minimum Gasteiger partial charge on any atom is -0.462 e. The summed E-state index contributed by atoms with van der Waals surface area (Å²) in [6.07, 6.45) is 0. The minimum atomic E-state index is -3.84. The van der Waals surface area contributed by atoms with Gasteiger partial charge in [-0.05, 0) is 44.3 Å². The highest BCUT2D eigenvalue weighted by molar-refractivity contribution is 8.14. The van der Waals surface area contributed by atoms with Gasteiger partial charge in [-0.25, -0.2) is 9.18 Å². The molecule has 0 saturated heterocycles. The molecule has 0 aliphatic rings. The summed E-state index contributed by atoms with van der Waals surface area (Å²) >= 11 is 0. The van der Waals surface area contributed by atoms with Gasteiger partial charge >= 0.3 is 5.97 Å². The van der Waals surface area contributed by atoms with Crippen molar-refractivity contribution in [3.8, 4) is 5.69 Å². The quantitative estimate of drug-likeness (QED) is 0.326. The predicted octanol–water partition coefficient (Wildman–Crippen LogP) is 3.14. The number of rotatable bonds is 8. The number of thiol groups is 1. The van der Waals surface area contributed by atoms with E-state index in [0.29, 0.717) is 16.2 Å². The summed E-state index contributed by atoms with van der Waals surface area (Å²) < 4.78 is 35.3. The molecule has 2 aromatic carbocycles. The lowest BCUT2D eigenvalue weighted by Gasteiger charge is -2.22. The number of halogens is 1. The summed E-state index contributed by atoms with van der Waals surface area (Å²) in [4.78, 5) is 25.1. The van der Waals surface area contributed by atoms with Crippen molar-refractivity contribution in [3.63, 3.8) is 0 Å². The third-order valence-electron chi connectivity index (χ3n) is 4.64. The maximum Gasteiger partial charge on any atom is 0.340 e. The average Bonchev–Trinajstić information content (AvgIpc) is 3.14.